The maximum absolute atomic E-state index is 11.7. The maximum atomic E-state index is 11.7. The second-order valence-electron chi connectivity index (χ2n) is 8.35. The van der Waals surface area contributed by atoms with Gasteiger partial charge in [-0.15, -0.1) is 0 Å². The van der Waals surface area contributed by atoms with Gasteiger partial charge in [0, 0.05) is 24.4 Å². The summed E-state index contributed by atoms with van der Waals surface area (Å²) in [6.07, 6.45) is 4.38. The van der Waals surface area contributed by atoms with Gasteiger partial charge in [0.25, 0.3) is 0 Å². The number of ketones is 1. The molecule has 1 atom stereocenters. The average Bonchev–Trinajstić information content (AvgIpc) is 3.21. The summed E-state index contributed by atoms with van der Waals surface area (Å²) in [6, 6.07) is 28.9. The second-order valence-corrected chi connectivity index (χ2v) is 8.35. The molecule has 5 rings (SSSR count). The molecular weight excluding hydrogens is 406 g/mol. The third-order valence-corrected chi connectivity index (χ3v) is 6.17. The van der Waals surface area contributed by atoms with E-state index in [9.17, 15) is 4.79 Å². The summed E-state index contributed by atoms with van der Waals surface area (Å²) in [6.45, 7) is 3.82. The third-order valence-electron chi connectivity index (χ3n) is 6.17. The highest BCUT2D eigenvalue weighted by Gasteiger charge is 2.18. The minimum Gasteiger partial charge on any atom is -0.320 e. The molecule has 4 nitrogen and oxygen atoms in total. The van der Waals surface area contributed by atoms with Gasteiger partial charge in [-0.05, 0) is 60.4 Å². The third kappa shape index (κ3) is 4.20. The standard InChI is InChI=1S/C29H25N3O/c1-20(23-6-4-3-5-7-23)32-28-19-26(25-10-8-24(9-11-25)21(2)33)12-13-27(28)31-29(32)18-22-14-16-30-17-15-22/h3-17,19-20H,18H2,1-2H3. The van der Waals surface area contributed by atoms with Crippen LogP contribution in [0.4, 0.5) is 0 Å². The summed E-state index contributed by atoms with van der Waals surface area (Å²) in [7, 11) is 0. The quantitative estimate of drug-likeness (QED) is 0.288. The first-order chi connectivity index (χ1) is 16.1. The molecule has 3 aromatic carbocycles. The first-order valence-electron chi connectivity index (χ1n) is 11.2. The number of hydrogen-bond acceptors (Lipinski definition) is 3. The van der Waals surface area contributed by atoms with Crippen LogP contribution in [0.25, 0.3) is 22.2 Å². The summed E-state index contributed by atoms with van der Waals surface area (Å²) < 4.78 is 2.35. The van der Waals surface area contributed by atoms with E-state index in [4.69, 9.17) is 4.98 Å². The largest absolute Gasteiger partial charge is 0.320 e. The Balaban J connectivity index is 1.64. The van der Waals surface area contributed by atoms with Crippen molar-refractivity contribution in [1.82, 2.24) is 14.5 Å². The van der Waals surface area contributed by atoms with Crippen molar-refractivity contribution >= 4 is 16.8 Å². The van der Waals surface area contributed by atoms with Crippen LogP contribution in [-0.4, -0.2) is 20.3 Å². The molecule has 0 amide bonds. The number of pyridine rings is 1. The predicted molar refractivity (Wildman–Crippen MR) is 132 cm³/mol. The lowest BCUT2D eigenvalue weighted by Gasteiger charge is -2.19. The molecule has 0 aliphatic heterocycles. The number of hydrogen-bond donors (Lipinski definition) is 0. The van der Waals surface area contributed by atoms with Gasteiger partial charge in [-0.1, -0.05) is 60.7 Å². The molecule has 0 saturated carbocycles. The van der Waals surface area contributed by atoms with Gasteiger partial charge >= 0.3 is 0 Å². The smallest absolute Gasteiger partial charge is 0.159 e. The normalized spacial score (nSPS) is 12.1. The van der Waals surface area contributed by atoms with Crippen LogP contribution in [0.3, 0.4) is 0 Å². The maximum Gasteiger partial charge on any atom is 0.159 e. The Morgan fingerprint density at radius 1 is 0.879 bits per heavy atom. The van der Waals surface area contributed by atoms with Gasteiger partial charge in [0.05, 0.1) is 17.1 Å². The first-order valence-corrected chi connectivity index (χ1v) is 11.2. The average molecular weight is 432 g/mol. The highest BCUT2D eigenvalue weighted by atomic mass is 16.1. The molecule has 0 spiro atoms. The zero-order valence-electron chi connectivity index (χ0n) is 18.8. The molecule has 0 saturated heterocycles. The van der Waals surface area contributed by atoms with E-state index in [0.29, 0.717) is 0 Å². The summed E-state index contributed by atoms with van der Waals surface area (Å²) in [5.74, 6) is 1.10. The molecule has 0 bridgehead atoms. The lowest BCUT2D eigenvalue weighted by molar-refractivity contribution is 0.101. The van der Waals surface area contributed by atoms with E-state index in [0.717, 1.165) is 40.0 Å². The van der Waals surface area contributed by atoms with Crippen LogP contribution in [0.1, 0.15) is 47.2 Å². The van der Waals surface area contributed by atoms with Gasteiger partial charge in [0.2, 0.25) is 0 Å². The van der Waals surface area contributed by atoms with Crippen LogP contribution in [0.15, 0.2) is 97.3 Å². The molecule has 0 radical (unpaired) electrons. The molecule has 2 aromatic heterocycles. The highest BCUT2D eigenvalue weighted by Crippen LogP contribution is 2.31. The van der Waals surface area contributed by atoms with Crippen molar-refractivity contribution in [3.05, 3.63) is 120 Å². The van der Waals surface area contributed by atoms with Crippen molar-refractivity contribution < 1.29 is 4.79 Å². The van der Waals surface area contributed by atoms with Gasteiger partial charge in [-0.25, -0.2) is 4.98 Å². The number of carbonyl (C=O) groups is 1. The van der Waals surface area contributed by atoms with E-state index in [1.54, 1.807) is 6.92 Å². The van der Waals surface area contributed by atoms with E-state index in [-0.39, 0.29) is 11.8 Å². The van der Waals surface area contributed by atoms with Crippen molar-refractivity contribution in [1.29, 1.82) is 0 Å². The fraction of sp³-hybridized carbons (Fsp3) is 0.138. The molecule has 0 aliphatic carbocycles. The zero-order chi connectivity index (χ0) is 22.8. The number of fused-ring (bicyclic) bond motifs is 1. The lowest BCUT2D eigenvalue weighted by Crippen LogP contribution is -2.11. The van der Waals surface area contributed by atoms with Crippen molar-refractivity contribution in [2.24, 2.45) is 0 Å². The number of rotatable bonds is 6. The number of carbonyl (C=O) groups excluding carboxylic acids is 1. The molecule has 0 fully saturated rings. The van der Waals surface area contributed by atoms with Crippen molar-refractivity contribution in [3.8, 4) is 11.1 Å². The van der Waals surface area contributed by atoms with E-state index >= 15 is 0 Å². The minimum atomic E-state index is 0.0764. The fourth-order valence-electron chi connectivity index (χ4n) is 4.34. The first kappa shape index (κ1) is 20.8. The van der Waals surface area contributed by atoms with Crippen molar-refractivity contribution in [2.45, 2.75) is 26.3 Å². The fourth-order valence-corrected chi connectivity index (χ4v) is 4.34. The molecule has 4 heteroatoms. The van der Waals surface area contributed by atoms with E-state index in [1.807, 2.05) is 54.9 Å². The lowest BCUT2D eigenvalue weighted by atomic mass is 10.0. The van der Waals surface area contributed by atoms with Crippen LogP contribution in [-0.2, 0) is 6.42 Å². The van der Waals surface area contributed by atoms with Crippen LogP contribution in [0.2, 0.25) is 0 Å². The van der Waals surface area contributed by atoms with Gasteiger partial charge in [0.1, 0.15) is 5.82 Å². The summed E-state index contributed by atoms with van der Waals surface area (Å²) in [5, 5.41) is 0. The summed E-state index contributed by atoms with van der Waals surface area (Å²) >= 11 is 0. The Bertz CT molecular complexity index is 1400. The minimum absolute atomic E-state index is 0.0764. The summed E-state index contributed by atoms with van der Waals surface area (Å²) in [4.78, 5) is 20.8. The van der Waals surface area contributed by atoms with Crippen molar-refractivity contribution in [2.75, 3.05) is 0 Å². The van der Waals surface area contributed by atoms with Gasteiger partial charge in [-0.3, -0.25) is 9.78 Å². The monoisotopic (exact) mass is 431 g/mol. The summed E-state index contributed by atoms with van der Waals surface area (Å²) in [5.41, 5.74) is 7.41. The van der Waals surface area contributed by atoms with E-state index in [1.165, 1.54) is 11.1 Å². The molecular formula is C29H25N3O. The Hall–Kier alpha value is -4.05. The number of nitrogens with zero attached hydrogens (tertiary/aromatic N) is 3. The van der Waals surface area contributed by atoms with Crippen LogP contribution >= 0.6 is 0 Å². The molecule has 33 heavy (non-hydrogen) atoms. The second kappa shape index (κ2) is 8.83. The molecule has 0 N–H and O–H groups in total. The Kier molecular flexibility index (Phi) is 5.57. The van der Waals surface area contributed by atoms with E-state index < -0.39 is 0 Å². The number of aromatic nitrogens is 3. The SMILES string of the molecule is CC(=O)c1ccc(-c2ccc3nc(Cc4ccncc4)n(C(C)c4ccccc4)c3c2)cc1. The van der Waals surface area contributed by atoms with Crippen molar-refractivity contribution in [3.63, 3.8) is 0 Å². The number of benzene rings is 3. The molecule has 1 unspecified atom stereocenters. The Labute approximate surface area is 193 Å². The molecule has 0 aliphatic rings. The van der Waals surface area contributed by atoms with Crippen LogP contribution in [0.5, 0.6) is 0 Å². The number of imidazole rings is 1. The topological polar surface area (TPSA) is 47.8 Å². The van der Waals surface area contributed by atoms with Crippen LogP contribution in [0, 0.1) is 0 Å². The Morgan fingerprint density at radius 3 is 2.27 bits per heavy atom. The number of Topliss-reactive ketones (excluding diaryl/α,β-unsaturated/α-hetero) is 1. The zero-order valence-corrected chi connectivity index (χ0v) is 18.8. The highest BCUT2D eigenvalue weighted by molar-refractivity contribution is 5.94. The molecule has 162 valence electrons. The molecule has 2 heterocycles. The van der Waals surface area contributed by atoms with Crippen LogP contribution < -0.4 is 0 Å². The van der Waals surface area contributed by atoms with Gasteiger partial charge in [0.15, 0.2) is 5.78 Å². The molecule has 5 aromatic rings. The van der Waals surface area contributed by atoms with E-state index in [2.05, 4.69) is 58.9 Å². The predicted octanol–water partition coefficient (Wildman–Crippen LogP) is 6.50. The van der Waals surface area contributed by atoms with Gasteiger partial charge < -0.3 is 4.57 Å². The Morgan fingerprint density at radius 2 is 1.58 bits per heavy atom. The van der Waals surface area contributed by atoms with Gasteiger partial charge in [-0.2, -0.15) is 0 Å².